The number of carbonyl (C=O) groups is 1. The lowest BCUT2D eigenvalue weighted by atomic mass is 10.0. The van der Waals surface area contributed by atoms with Crippen LogP contribution >= 0.6 is 0 Å². The topological polar surface area (TPSA) is 35.5 Å². The van der Waals surface area contributed by atoms with Crippen LogP contribution in [-0.2, 0) is 4.74 Å². The largest absolute Gasteiger partial charge is 0.490 e. The van der Waals surface area contributed by atoms with Crippen LogP contribution in [0, 0.1) is 0 Å². The minimum absolute atomic E-state index is 0.0977. The standard InChI is InChI=1S/C14H16O3/c15-14(13-2-1-9-16-13)10-3-5-11(6-4-10)17-12-7-8-12/h3-6,12-13H,1-2,7-9H2. The summed E-state index contributed by atoms with van der Waals surface area (Å²) in [6, 6.07) is 7.42. The van der Waals surface area contributed by atoms with Crippen molar-refractivity contribution in [1.82, 2.24) is 0 Å². The van der Waals surface area contributed by atoms with Gasteiger partial charge < -0.3 is 9.47 Å². The molecule has 1 saturated heterocycles. The smallest absolute Gasteiger partial charge is 0.191 e. The highest BCUT2D eigenvalue weighted by Gasteiger charge is 2.25. The SMILES string of the molecule is O=C(c1ccc(OC2CC2)cc1)C1CCCO1. The van der Waals surface area contributed by atoms with E-state index in [0.717, 1.165) is 37.0 Å². The summed E-state index contributed by atoms with van der Waals surface area (Å²) in [7, 11) is 0. The molecule has 1 heterocycles. The van der Waals surface area contributed by atoms with E-state index >= 15 is 0 Å². The van der Waals surface area contributed by atoms with Gasteiger partial charge in [0.25, 0.3) is 0 Å². The van der Waals surface area contributed by atoms with Crippen LogP contribution in [-0.4, -0.2) is 24.6 Å². The highest BCUT2D eigenvalue weighted by Crippen LogP contribution is 2.27. The van der Waals surface area contributed by atoms with E-state index in [2.05, 4.69) is 0 Å². The zero-order chi connectivity index (χ0) is 11.7. The van der Waals surface area contributed by atoms with Crippen LogP contribution in [0.4, 0.5) is 0 Å². The van der Waals surface area contributed by atoms with Gasteiger partial charge in [0.05, 0.1) is 6.10 Å². The van der Waals surface area contributed by atoms with Gasteiger partial charge >= 0.3 is 0 Å². The molecular weight excluding hydrogens is 216 g/mol. The molecule has 1 aromatic rings. The number of ketones is 1. The molecule has 1 aliphatic heterocycles. The third kappa shape index (κ3) is 2.50. The van der Waals surface area contributed by atoms with Gasteiger partial charge in [-0.2, -0.15) is 0 Å². The molecule has 17 heavy (non-hydrogen) atoms. The predicted molar refractivity (Wildman–Crippen MR) is 63.4 cm³/mol. The zero-order valence-electron chi connectivity index (χ0n) is 9.72. The molecule has 1 atom stereocenters. The van der Waals surface area contributed by atoms with Crippen molar-refractivity contribution in [2.45, 2.75) is 37.9 Å². The van der Waals surface area contributed by atoms with Crippen LogP contribution in [0.3, 0.4) is 0 Å². The molecule has 0 bridgehead atoms. The van der Waals surface area contributed by atoms with Crippen LogP contribution in [0.15, 0.2) is 24.3 Å². The summed E-state index contributed by atoms with van der Waals surface area (Å²) >= 11 is 0. The van der Waals surface area contributed by atoms with Crippen molar-refractivity contribution in [3.63, 3.8) is 0 Å². The molecule has 1 unspecified atom stereocenters. The summed E-state index contributed by atoms with van der Waals surface area (Å²) in [5, 5.41) is 0. The third-order valence-corrected chi connectivity index (χ3v) is 3.19. The Balaban J connectivity index is 1.67. The van der Waals surface area contributed by atoms with Crippen molar-refractivity contribution in [3.8, 4) is 5.75 Å². The lowest BCUT2D eigenvalue weighted by Crippen LogP contribution is -2.19. The number of hydrogen-bond donors (Lipinski definition) is 0. The number of hydrogen-bond acceptors (Lipinski definition) is 3. The first-order chi connectivity index (χ1) is 8.33. The molecule has 1 saturated carbocycles. The molecule has 0 radical (unpaired) electrons. The quantitative estimate of drug-likeness (QED) is 0.748. The first-order valence-corrected chi connectivity index (χ1v) is 6.25. The van der Waals surface area contributed by atoms with Crippen molar-refractivity contribution < 1.29 is 14.3 Å². The molecule has 1 aromatic carbocycles. The van der Waals surface area contributed by atoms with Crippen LogP contribution in [0.2, 0.25) is 0 Å². The van der Waals surface area contributed by atoms with Gasteiger partial charge in [-0.05, 0) is 49.9 Å². The van der Waals surface area contributed by atoms with E-state index < -0.39 is 0 Å². The fraction of sp³-hybridized carbons (Fsp3) is 0.500. The molecule has 0 spiro atoms. The molecule has 2 fully saturated rings. The number of ether oxygens (including phenoxy) is 2. The first-order valence-electron chi connectivity index (χ1n) is 6.25. The molecule has 3 rings (SSSR count). The molecule has 1 aliphatic carbocycles. The highest BCUT2D eigenvalue weighted by atomic mass is 16.5. The molecule has 0 aromatic heterocycles. The summed E-state index contributed by atoms with van der Waals surface area (Å²) in [6.45, 7) is 0.708. The number of rotatable bonds is 4. The monoisotopic (exact) mass is 232 g/mol. The number of carbonyl (C=O) groups excluding carboxylic acids is 1. The van der Waals surface area contributed by atoms with Crippen LogP contribution in [0.5, 0.6) is 5.75 Å². The van der Waals surface area contributed by atoms with Gasteiger partial charge in [-0.25, -0.2) is 0 Å². The van der Waals surface area contributed by atoms with Gasteiger partial charge in [0.1, 0.15) is 11.9 Å². The average molecular weight is 232 g/mol. The maximum absolute atomic E-state index is 12.0. The Morgan fingerprint density at radius 2 is 1.94 bits per heavy atom. The van der Waals surface area contributed by atoms with Crippen molar-refractivity contribution in [1.29, 1.82) is 0 Å². The van der Waals surface area contributed by atoms with Gasteiger partial charge in [0.2, 0.25) is 0 Å². The average Bonchev–Trinajstić information content (AvgIpc) is 3.00. The Morgan fingerprint density at radius 3 is 2.53 bits per heavy atom. The summed E-state index contributed by atoms with van der Waals surface area (Å²) in [4.78, 5) is 12.0. The Labute approximate surface area is 101 Å². The molecule has 2 aliphatic rings. The Kier molecular flexibility index (Phi) is 2.85. The Morgan fingerprint density at radius 1 is 1.18 bits per heavy atom. The van der Waals surface area contributed by atoms with Gasteiger partial charge in [0.15, 0.2) is 5.78 Å². The summed E-state index contributed by atoms with van der Waals surface area (Å²) < 4.78 is 11.0. The fourth-order valence-electron chi connectivity index (χ4n) is 2.05. The Hall–Kier alpha value is -1.35. The maximum Gasteiger partial charge on any atom is 0.191 e. The minimum Gasteiger partial charge on any atom is -0.490 e. The van der Waals surface area contributed by atoms with E-state index in [1.165, 1.54) is 0 Å². The molecular formula is C14H16O3. The van der Waals surface area contributed by atoms with Crippen molar-refractivity contribution in [3.05, 3.63) is 29.8 Å². The summed E-state index contributed by atoms with van der Waals surface area (Å²) in [5.74, 6) is 0.955. The second-order valence-corrected chi connectivity index (χ2v) is 4.71. The zero-order valence-corrected chi connectivity index (χ0v) is 9.72. The van der Waals surface area contributed by atoms with Crippen molar-refractivity contribution >= 4 is 5.78 Å². The molecule has 0 amide bonds. The van der Waals surface area contributed by atoms with Gasteiger partial charge in [-0.15, -0.1) is 0 Å². The van der Waals surface area contributed by atoms with E-state index in [-0.39, 0.29) is 11.9 Å². The van der Waals surface area contributed by atoms with E-state index in [1.807, 2.05) is 24.3 Å². The number of Topliss-reactive ketones (excluding diaryl/α,β-unsaturated/α-hetero) is 1. The maximum atomic E-state index is 12.0. The van der Waals surface area contributed by atoms with Gasteiger partial charge in [-0.1, -0.05) is 0 Å². The van der Waals surface area contributed by atoms with Crippen molar-refractivity contribution in [2.75, 3.05) is 6.61 Å². The molecule has 3 heteroatoms. The third-order valence-electron chi connectivity index (χ3n) is 3.19. The van der Waals surface area contributed by atoms with E-state index in [9.17, 15) is 4.79 Å². The van der Waals surface area contributed by atoms with E-state index in [1.54, 1.807) is 0 Å². The van der Waals surface area contributed by atoms with Gasteiger partial charge in [-0.3, -0.25) is 4.79 Å². The lowest BCUT2D eigenvalue weighted by Gasteiger charge is -2.09. The van der Waals surface area contributed by atoms with E-state index in [4.69, 9.17) is 9.47 Å². The van der Waals surface area contributed by atoms with Crippen LogP contribution < -0.4 is 4.74 Å². The fourth-order valence-corrected chi connectivity index (χ4v) is 2.05. The molecule has 3 nitrogen and oxygen atoms in total. The van der Waals surface area contributed by atoms with Crippen LogP contribution in [0.1, 0.15) is 36.0 Å². The Bertz CT molecular complexity index is 400. The minimum atomic E-state index is -0.231. The molecule has 90 valence electrons. The molecule has 0 N–H and O–H groups in total. The van der Waals surface area contributed by atoms with Gasteiger partial charge in [0, 0.05) is 12.2 Å². The summed E-state index contributed by atoms with van der Waals surface area (Å²) in [5.41, 5.74) is 0.722. The normalized spacial score (nSPS) is 23.6. The predicted octanol–water partition coefficient (Wildman–Crippen LogP) is 2.59. The van der Waals surface area contributed by atoms with Crippen molar-refractivity contribution in [2.24, 2.45) is 0 Å². The first kappa shape index (κ1) is 10.8. The highest BCUT2D eigenvalue weighted by molar-refractivity contribution is 5.99. The second kappa shape index (κ2) is 4.49. The number of benzene rings is 1. The van der Waals surface area contributed by atoms with E-state index in [0.29, 0.717) is 12.7 Å². The lowest BCUT2D eigenvalue weighted by molar-refractivity contribution is 0.0643. The van der Waals surface area contributed by atoms with Crippen LogP contribution in [0.25, 0.3) is 0 Å². The summed E-state index contributed by atoms with van der Waals surface area (Å²) in [6.07, 6.45) is 4.30. The second-order valence-electron chi connectivity index (χ2n) is 4.71.